The van der Waals surface area contributed by atoms with Crippen molar-refractivity contribution in [2.24, 2.45) is 0 Å². The van der Waals surface area contributed by atoms with Crippen molar-refractivity contribution in [1.82, 2.24) is 9.80 Å². The van der Waals surface area contributed by atoms with Crippen LogP contribution >= 0.6 is 23.2 Å². The molecule has 0 unspecified atom stereocenters. The molecule has 1 heterocycles. The first-order chi connectivity index (χ1) is 10.9. The Bertz CT molecular complexity index is 587. The van der Waals surface area contributed by atoms with Crippen LogP contribution in [-0.2, 0) is 9.59 Å². The topological polar surface area (TPSA) is 43.9 Å². The summed E-state index contributed by atoms with van der Waals surface area (Å²) in [6.07, 6.45) is 0. The third-order valence-corrected chi connectivity index (χ3v) is 4.58. The monoisotopic (exact) mass is 357 g/mol. The lowest BCUT2D eigenvalue weighted by atomic mass is 10.2. The van der Waals surface area contributed by atoms with Crippen molar-refractivity contribution in [3.05, 3.63) is 28.2 Å². The number of hydrogen-bond donors (Lipinski definition) is 0. The van der Waals surface area contributed by atoms with Crippen LogP contribution in [-0.4, -0.2) is 60.9 Å². The van der Waals surface area contributed by atoms with Gasteiger partial charge >= 0.3 is 0 Å². The summed E-state index contributed by atoms with van der Waals surface area (Å²) in [6.45, 7) is 7.61. The first-order valence-electron chi connectivity index (χ1n) is 7.65. The molecule has 2 rings (SSSR count). The molecule has 1 aromatic carbocycles. The molecule has 0 radical (unpaired) electrons. The Balaban J connectivity index is 2.08. The lowest BCUT2D eigenvalue weighted by Gasteiger charge is -2.35. The lowest BCUT2D eigenvalue weighted by molar-refractivity contribution is -0.132. The van der Waals surface area contributed by atoms with E-state index >= 15 is 0 Å². The minimum absolute atomic E-state index is 0.0111. The summed E-state index contributed by atoms with van der Waals surface area (Å²) < 4.78 is 0. The van der Waals surface area contributed by atoms with Crippen molar-refractivity contribution in [3.8, 4) is 0 Å². The van der Waals surface area contributed by atoms with Gasteiger partial charge in [-0.25, -0.2) is 0 Å². The van der Waals surface area contributed by atoms with Gasteiger partial charge in [0, 0.05) is 38.1 Å². The van der Waals surface area contributed by atoms with Crippen LogP contribution in [0, 0.1) is 0 Å². The molecule has 0 saturated carbocycles. The summed E-state index contributed by atoms with van der Waals surface area (Å²) in [4.78, 5) is 29.9. The van der Waals surface area contributed by atoms with Crippen LogP contribution in [0.1, 0.15) is 13.8 Å². The van der Waals surface area contributed by atoms with Gasteiger partial charge in [-0.15, -0.1) is 0 Å². The van der Waals surface area contributed by atoms with Gasteiger partial charge in [-0.05, 0) is 24.7 Å². The molecule has 1 saturated heterocycles. The molecule has 1 aliphatic heterocycles. The molecule has 0 aromatic heterocycles. The first-order valence-corrected chi connectivity index (χ1v) is 8.41. The third kappa shape index (κ3) is 4.59. The van der Waals surface area contributed by atoms with Gasteiger partial charge in [-0.3, -0.25) is 9.59 Å². The third-order valence-electron chi connectivity index (χ3n) is 4.05. The van der Waals surface area contributed by atoms with Crippen LogP contribution in [0.4, 0.5) is 5.69 Å². The number of rotatable bonds is 4. The number of anilines is 1. The molecule has 5 nitrogen and oxygen atoms in total. The maximum Gasteiger partial charge on any atom is 0.242 e. The van der Waals surface area contributed by atoms with Gasteiger partial charge in [0.25, 0.3) is 0 Å². The average Bonchev–Trinajstić information content (AvgIpc) is 2.53. The summed E-state index contributed by atoms with van der Waals surface area (Å²) in [5, 5.41) is 0.848. The van der Waals surface area contributed by atoms with Crippen LogP contribution in [0.25, 0.3) is 0 Å². The van der Waals surface area contributed by atoms with E-state index in [0.29, 0.717) is 28.8 Å². The first kappa shape index (κ1) is 18.0. The minimum atomic E-state index is -0.227. The maximum absolute atomic E-state index is 12.5. The SMILES string of the molecule is CCN1CCN(C(=O)CN(C(C)=O)c2ccc(Cl)cc2Cl)CC1. The number of halogens is 2. The van der Waals surface area contributed by atoms with Crippen molar-refractivity contribution >= 4 is 40.7 Å². The number of likely N-dealkylation sites (N-methyl/N-ethyl adjacent to an activating group) is 1. The van der Waals surface area contributed by atoms with Crippen molar-refractivity contribution in [1.29, 1.82) is 0 Å². The number of amides is 2. The summed E-state index contributed by atoms with van der Waals surface area (Å²) >= 11 is 12.1. The Morgan fingerprint density at radius 1 is 1.17 bits per heavy atom. The molecule has 1 aliphatic rings. The maximum atomic E-state index is 12.5. The van der Waals surface area contributed by atoms with E-state index in [0.717, 1.165) is 19.6 Å². The predicted molar refractivity (Wildman–Crippen MR) is 93.2 cm³/mol. The zero-order valence-electron chi connectivity index (χ0n) is 13.4. The van der Waals surface area contributed by atoms with Crippen molar-refractivity contribution in [2.75, 3.05) is 44.2 Å². The van der Waals surface area contributed by atoms with Gasteiger partial charge in [0.05, 0.1) is 10.7 Å². The van der Waals surface area contributed by atoms with E-state index < -0.39 is 0 Å². The number of carbonyl (C=O) groups is 2. The van der Waals surface area contributed by atoms with Crippen molar-refractivity contribution in [2.45, 2.75) is 13.8 Å². The molecule has 0 aliphatic carbocycles. The smallest absolute Gasteiger partial charge is 0.242 e. The summed E-state index contributed by atoms with van der Waals surface area (Å²) in [7, 11) is 0. The Morgan fingerprint density at radius 3 is 2.35 bits per heavy atom. The zero-order chi connectivity index (χ0) is 17.0. The van der Waals surface area contributed by atoms with Gasteiger partial charge in [-0.1, -0.05) is 30.1 Å². The number of benzene rings is 1. The number of piperazine rings is 1. The molecule has 1 aromatic rings. The molecule has 126 valence electrons. The molecule has 0 bridgehead atoms. The quantitative estimate of drug-likeness (QED) is 0.831. The zero-order valence-corrected chi connectivity index (χ0v) is 14.9. The summed E-state index contributed by atoms with van der Waals surface area (Å²) in [6, 6.07) is 4.89. The fraction of sp³-hybridized carbons (Fsp3) is 0.500. The Hall–Kier alpha value is -1.30. The van der Waals surface area contributed by atoms with Gasteiger partial charge in [0.15, 0.2) is 0 Å². The van der Waals surface area contributed by atoms with Gasteiger partial charge in [0.1, 0.15) is 6.54 Å². The van der Waals surface area contributed by atoms with E-state index in [1.807, 2.05) is 0 Å². The fourth-order valence-electron chi connectivity index (χ4n) is 2.62. The normalized spacial score (nSPS) is 15.6. The van der Waals surface area contributed by atoms with E-state index in [1.165, 1.54) is 11.8 Å². The van der Waals surface area contributed by atoms with Gasteiger partial charge in [-0.2, -0.15) is 0 Å². The van der Waals surface area contributed by atoms with Crippen molar-refractivity contribution in [3.63, 3.8) is 0 Å². The van der Waals surface area contributed by atoms with E-state index in [9.17, 15) is 9.59 Å². The molecule has 1 fully saturated rings. The molecule has 0 N–H and O–H groups in total. The average molecular weight is 358 g/mol. The second-order valence-corrected chi connectivity index (χ2v) is 6.36. The lowest BCUT2D eigenvalue weighted by Crippen LogP contribution is -2.51. The second-order valence-electron chi connectivity index (χ2n) is 5.52. The minimum Gasteiger partial charge on any atom is -0.339 e. The Kier molecular flexibility index (Phi) is 6.27. The molecule has 7 heteroatoms. The van der Waals surface area contributed by atoms with Crippen molar-refractivity contribution < 1.29 is 9.59 Å². The van der Waals surface area contributed by atoms with Gasteiger partial charge in [0.2, 0.25) is 11.8 Å². The Morgan fingerprint density at radius 2 is 1.83 bits per heavy atom. The predicted octanol–water partition coefficient (Wildman–Crippen LogP) is 2.51. The van der Waals surface area contributed by atoms with Crippen LogP contribution < -0.4 is 4.90 Å². The molecule has 23 heavy (non-hydrogen) atoms. The van der Waals surface area contributed by atoms with Gasteiger partial charge < -0.3 is 14.7 Å². The highest BCUT2D eigenvalue weighted by Gasteiger charge is 2.24. The van der Waals surface area contributed by atoms with E-state index in [2.05, 4.69) is 11.8 Å². The largest absolute Gasteiger partial charge is 0.339 e. The van der Waals surface area contributed by atoms with Crippen LogP contribution in [0.2, 0.25) is 10.0 Å². The fourth-order valence-corrected chi connectivity index (χ4v) is 3.13. The van der Waals surface area contributed by atoms with E-state index in [-0.39, 0.29) is 18.4 Å². The molecule has 0 spiro atoms. The summed E-state index contributed by atoms with van der Waals surface area (Å²) in [5.74, 6) is -0.295. The highest BCUT2D eigenvalue weighted by Crippen LogP contribution is 2.29. The summed E-state index contributed by atoms with van der Waals surface area (Å²) in [5.41, 5.74) is 0.504. The van der Waals surface area contributed by atoms with E-state index in [4.69, 9.17) is 23.2 Å². The number of nitrogens with zero attached hydrogens (tertiary/aromatic N) is 3. The van der Waals surface area contributed by atoms with Crippen LogP contribution in [0.5, 0.6) is 0 Å². The molecular weight excluding hydrogens is 337 g/mol. The highest BCUT2D eigenvalue weighted by molar-refractivity contribution is 6.36. The van der Waals surface area contributed by atoms with E-state index in [1.54, 1.807) is 23.1 Å². The molecular formula is C16H21Cl2N3O2. The standard InChI is InChI=1S/C16H21Cl2N3O2/c1-3-19-6-8-20(9-7-19)16(23)11-21(12(2)22)15-5-4-13(17)10-14(15)18/h4-5,10H,3,6-9,11H2,1-2H3. The van der Waals surface area contributed by atoms with Crippen LogP contribution in [0.3, 0.4) is 0 Å². The number of hydrogen-bond acceptors (Lipinski definition) is 3. The highest BCUT2D eigenvalue weighted by atomic mass is 35.5. The van der Waals surface area contributed by atoms with Crippen LogP contribution in [0.15, 0.2) is 18.2 Å². The number of carbonyl (C=O) groups excluding carboxylic acids is 2. The second kappa shape index (κ2) is 7.99. The Labute approximate surface area is 146 Å². The molecule has 0 atom stereocenters. The molecule has 2 amide bonds.